The molecule has 0 aliphatic heterocycles. The third kappa shape index (κ3) is 39.8. The second-order valence-electron chi connectivity index (χ2n) is 16.2. The van der Waals surface area contributed by atoms with Gasteiger partial charge in [-0.05, 0) is 38.5 Å². The molecule has 0 radical (unpaired) electrons. The zero-order chi connectivity index (χ0) is 41.2. The molecule has 332 valence electrons. The molecular formula is C46H91N2O7P. The van der Waals surface area contributed by atoms with Crippen molar-refractivity contribution in [3.63, 3.8) is 0 Å². The predicted molar refractivity (Wildman–Crippen MR) is 237 cm³/mol. The van der Waals surface area contributed by atoms with Gasteiger partial charge in [0, 0.05) is 6.54 Å². The van der Waals surface area contributed by atoms with Gasteiger partial charge in [-0.1, -0.05) is 205 Å². The van der Waals surface area contributed by atoms with Crippen molar-refractivity contribution in [2.24, 2.45) is 5.73 Å². The van der Waals surface area contributed by atoms with Crippen LogP contribution in [0.1, 0.15) is 226 Å². The highest BCUT2D eigenvalue weighted by molar-refractivity contribution is 7.47. The van der Waals surface area contributed by atoms with Crippen LogP contribution in [-0.4, -0.2) is 59.0 Å². The maximum atomic E-state index is 12.8. The summed E-state index contributed by atoms with van der Waals surface area (Å²) in [6, 6.07) is -0.902. The number of amides is 1. The second-order valence-corrected chi connectivity index (χ2v) is 17.6. The number of unbranched alkanes of at least 4 members (excludes halogenated alkanes) is 27. The van der Waals surface area contributed by atoms with Crippen LogP contribution < -0.4 is 11.1 Å². The van der Waals surface area contributed by atoms with Crippen molar-refractivity contribution in [3.05, 3.63) is 24.3 Å². The molecule has 0 fully saturated rings. The minimum atomic E-state index is -4.38. The topological polar surface area (TPSA) is 151 Å². The number of carbonyl (C=O) groups excluding carboxylic acids is 1. The number of rotatable bonds is 44. The van der Waals surface area contributed by atoms with E-state index >= 15 is 0 Å². The Hall–Kier alpha value is -1.06. The highest BCUT2D eigenvalue weighted by Gasteiger charge is 2.28. The Morgan fingerprint density at radius 1 is 0.607 bits per heavy atom. The molecule has 1 amide bonds. The largest absolute Gasteiger partial charge is 0.472 e. The third-order valence-corrected chi connectivity index (χ3v) is 11.6. The maximum absolute atomic E-state index is 12.8. The summed E-state index contributed by atoms with van der Waals surface area (Å²) >= 11 is 0. The Balaban J connectivity index is 4.20. The van der Waals surface area contributed by atoms with Crippen molar-refractivity contribution in [3.8, 4) is 0 Å². The number of allylic oxidation sites excluding steroid dienone is 4. The first-order valence-corrected chi connectivity index (χ1v) is 25.0. The van der Waals surface area contributed by atoms with Gasteiger partial charge in [0.05, 0.1) is 37.9 Å². The molecule has 0 bridgehead atoms. The van der Waals surface area contributed by atoms with Gasteiger partial charge in [-0.25, -0.2) is 4.57 Å². The summed E-state index contributed by atoms with van der Waals surface area (Å²) in [5.74, 6) is -0.424. The molecule has 9 nitrogen and oxygen atoms in total. The number of phosphoric acid groups is 1. The van der Waals surface area contributed by atoms with Crippen LogP contribution in [0.3, 0.4) is 0 Å². The van der Waals surface area contributed by atoms with Gasteiger partial charge >= 0.3 is 7.82 Å². The minimum absolute atomic E-state index is 0.0575. The Bertz CT molecular complexity index is 950. The van der Waals surface area contributed by atoms with E-state index in [2.05, 4.69) is 43.5 Å². The number of phosphoric ester groups is 1. The highest BCUT2D eigenvalue weighted by Crippen LogP contribution is 2.43. The van der Waals surface area contributed by atoms with Gasteiger partial charge in [0.1, 0.15) is 0 Å². The summed E-state index contributed by atoms with van der Waals surface area (Å²) in [7, 11) is -4.38. The summed E-state index contributed by atoms with van der Waals surface area (Å²) in [6.07, 6.45) is 45.1. The Morgan fingerprint density at radius 3 is 1.46 bits per heavy atom. The van der Waals surface area contributed by atoms with E-state index in [1.54, 1.807) is 0 Å². The van der Waals surface area contributed by atoms with Crippen LogP contribution in [0, 0.1) is 0 Å². The van der Waals surface area contributed by atoms with Crippen LogP contribution in [0.25, 0.3) is 0 Å². The monoisotopic (exact) mass is 815 g/mol. The Labute approximate surface area is 345 Å². The lowest BCUT2D eigenvalue weighted by molar-refractivity contribution is -0.125. The zero-order valence-corrected chi connectivity index (χ0v) is 37.4. The van der Waals surface area contributed by atoms with Gasteiger partial charge in [-0.2, -0.15) is 0 Å². The summed E-state index contributed by atoms with van der Waals surface area (Å²) in [6.45, 7) is 4.02. The van der Waals surface area contributed by atoms with Crippen LogP contribution in [0.4, 0.5) is 0 Å². The van der Waals surface area contributed by atoms with E-state index in [1.165, 1.54) is 135 Å². The van der Waals surface area contributed by atoms with Gasteiger partial charge in [-0.3, -0.25) is 13.8 Å². The van der Waals surface area contributed by atoms with Crippen LogP contribution in [0.5, 0.6) is 0 Å². The molecule has 10 heteroatoms. The molecular weight excluding hydrogens is 723 g/mol. The van der Waals surface area contributed by atoms with Gasteiger partial charge in [0.25, 0.3) is 0 Å². The number of carbonyl (C=O) groups is 1. The molecule has 0 aromatic heterocycles. The van der Waals surface area contributed by atoms with Gasteiger partial charge in [0.2, 0.25) is 5.91 Å². The standard InChI is InChI=1S/C46H91N2O7P/c1-3-5-7-9-11-13-15-17-18-19-20-21-22-23-24-26-28-30-32-34-36-38-45(50)44(42-55-56(52,53)54-40-39-47)48-46(51)41-43(49)37-35-33-31-29-27-25-16-14-12-10-8-6-4-2/h12,14,16,25,43-45,49-50H,3-11,13,15,17-24,26-42,47H2,1-2H3,(H,48,51)(H,52,53)/b14-12-,25-16-. The van der Waals surface area contributed by atoms with E-state index in [1.807, 2.05) is 0 Å². The summed E-state index contributed by atoms with van der Waals surface area (Å²) in [5, 5.41) is 24.2. The molecule has 56 heavy (non-hydrogen) atoms. The molecule has 0 aromatic rings. The molecule has 0 saturated heterocycles. The molecule has 0 aromatic carbocycles. The molecule has 0 rings (SSSR count). The predicted octanol–water partition coefficient (Wildman–Crippen LogP) is 12.3. The molecule has 0 aliphatic rings. The van der Waals surface area contributed by atoms with Crippen molar-refractivity contribution < 1.29 is 33.5 Å². The smallest absolute Gasteiger partial charge is 0.393 e. The van der Waals surface area contributed by atoms with Crippen LogP contribution in [0.15, 0.2) is 24.3 Å². The first-order valence-electron chi connectivity index (χ1n) is 23.5. The average Bonchev–Trinajstić information content (AvgIpc) is 3.17. The summed E-state index contributed by atoms with van der Waals surface area (Å²) in [4.78, 5) is 22.8. The van der Waals surface area contributed by atoms with Crippen LogP contribution >= 0.6 is 7.82 Å². The van der Waals surface area contributed by atoms with Gasteiger partial charge < -0.3 is 26.2 Å². The summed E-state index contributed by atoms with van der Waals surface area (Å²) < 4.78 is 22.2. The quantitative estimate of drug-likeness (QED) is 0.0232. The fraction of sp³-hybridized carbons (Fsp3) is 0.891. The molecule has 0 spiro atoms. The first kappa shape index (κ1) is 54.9. The molecule has 4 atom stereocenters. The Kier molecular flexibility index (Phi) is 41.3. The van der Waals surface area contributed by atoms with Crippen molar-refractivity contribution in [2.75, 3.05) is 19.8 Å². The molecule has 0 saturated carbocycles. The second kappa shape index (κ2) is 42.1. The van der Waals surface area contributed by atoms with Crippen LogP contribution in [0.2, 0.25) is 0 Å². The lowest BCUT2D eigenvalue weighted by Gasteiger charge is -2.25. The SMILES string of the molecule is CCCCC/C=C\C=C/CCCCCCC(O)CC(=O)NC(COP(=O)(O)OCCN)C(O)CCCCCCCCCCCCCCCCCCCCCCC. The number of nitrogens with two attached hydrogens (primary N) is 1. The number of nitrogens with one attached hydrogen (secondary N) is 1. The van der Waals surface area contributed by atoms with Crippen molar-refractivity contribution in [1.82, 2.24) is 5.32 Å². The lowest BCUT2D eigenvalue weighted by atomic mass is 10.0. The van der Waals surface area contributed by atoms with Gasteiger partial charge in [-0.15, -0.1) is 0 Å². The first-order chi connectivity index (χ1) is 27.3. The van der Waals surface area contributed by atoms with E-state index in [0.29, 0.717) is 12.8 Å². The van der Waals surface area contributed by atoms with E-state index < -0.39 is 32.0 Å². The zero-order valence-electron chi connectivity index (χ0n) is 36.5. The molecule has 0 aliphatic carbocycles. The van der Waals surface area contributed by atoms with Crippen molar-refractivity contribution in [1.29, 1.82) is 0 Å². The molecule has 6 N–H and O–H groups in total. The van der Waals surface area contributed by atoms with E-state index in [0.717, 1.165) is 57.8 Å². The lowest BCUT2D eigenvalue weighted by Crippen LogP contribution is -2.47. The van der Waals surface area contributed by atoms with Crippen LogP contribution in [-0.2, 0) is 18.4 Å². The fourth-order valence-electron chi connectivity index (χ4n) is 7.05. The minimum Gasteiger partial charge on any atom is -0.393 e. The summed E-state index contributed by atoms with van der Waals surface area (Å²) in [5.41, 5.74) is 5.38. The molecule has 4 unspecified atom stereocenters. The third-order valence-electron chi connectivity index (χ3n) is 10.6. The van der Waals surface area contributed by atoms with Crippen molar-refractivity contribution in [2.45, 2.75) is 244 Å². The fourth-order valence-corrected chi connectivity index (χ4v) is 7.81. The van der Waals surface area contributed by atoms with E-state index in [9.17, 15) is 24.5 Å². The number of hydrogen-bond donors (Lipinski definition) is 5. The highest BCUT2D eigenvalue weighted by atomic mass is 31.2. The van der Waals surface area contributed by atoms with Gasteiger partial charge in [0.15, 0.2) is 0 Å². The van der Waals surface area contributed by atoms with E-state index in [4.69, 9.17) is 14.8 Å². The average molecular weight is 815 g/mol. The Morgan fingerprint density at radius 2 is 1.00 bits per heavy atom. The normalized spacial score (nSPS) is 14.8. The van der Waals surface area contributed by atoms with E-state index in [-0.39, 0.29) is 26.2 Å². The number of hydrogen-bond acceptors (Lipinski definition) is 7. The number of aliphatic hydroxyl groups excluding tert-OH is 2. The maximum Gasteiger partial charge on any atom is 0.472 e. The molecule has 0 heterocycles. The van der Waals surface area contributed by atoms with Crippen molar-refractivity contribution >= 4 is 13.7 Å². The number of aliphatic hydroxyl groups is 2.